The Morgan fingerprint density at radius 3 is 2.58 bits per heavy atom. The summed E-state index contributed by atoms with van der Waals surface area (Å²) >= 11 is 11.5. The predicted molar refractivity (Wildman–Crippen MR) is 70.3 cm³/mol. The van der Waals surface area contributed by atoms with Crippen molar-refractivity contribution in [1.29, 1.82) is 0 Å². The van der Waals surface area contributed by atoms with Gasteiger partial charge in [0.25, 0.3) is 0 Å². The normalized spacial score (nSPS) is 12.7. The Bertz CT molecular complexity index is 613. The van der Waals surface area contributed by atoms with E-state index in [0.717, 1.165) is 12.1 Å². The molecular weight excluding hydrogens is 295 g/mol. The lowest BCUT2D eigenvalue weighted by Gasteiger charge is -2.15. The van der Waals surface area contributed by atoms with E-state index in [1.54, 1.807) is 4.68 Å². The highest BCUT2D eigenvalue weighted by Crippen LogP contribution is 2.30. The third-order valence-electron chi connectivity index (χ3n) is 2.80. The molecule has 1 aromatic heterocycles. The first-order valence-electron chi connectivity index (χ1n) is 5.57. The van der Waals surface area contributed by atoms with Gasteiger partial charge in [-0.05, 0) is 19.1 Å². The number of rotatable bonds is 3. The van der Waals surface area contributed by atoms with Gasteiger partial charge in [0.2, 0.25) is 0 Å². The molecule has 3 nitrogen and oxygen atoms in total. The van der Waals surface area contributed by atoms with Gasteiger partial charge in [-0.15, -0.1) is 0 Å². The molecule has 0 saturated carbocycles. The van der Waals surface area contributed by atoms with Crippen LogP contribution in [0.3, 0.4) is 0 Å². The lowest BCUT2D eigenvalue weighted by atomic mass is 10.0. The molecule has 0 amide bonds. The van der Waals surface area contributed by atoms with E-state index in [4.69, 9.17) is 28.9 Å². The molecule has 1 aromatic carbocycles. The molecule has 0 aliphatic carbocycles. The summed E-state index contributed by atoms with van der Waals surface area (Å²) in [5.74, 6) is -1.41. The summed E-state index contributed by atoms with van der Waals surface area (Å²) in [7, 11) is 0. The second kappa shape index (κ2) is 5.45. The van der Waals surface area contributed by atoms with Gasteiger partial charge in [-0.3, -0.25) is 4.68 Å². The highest BCUT2D eigenvalue weighted by atomic mass is 35.5. The van der Waals surface area contributed by atoms with Crippen molar-refractivity contribution in [1.82, 2.24) is 9.78 Å². The molecule has 0 aliphatic rings. The van der Waals surface area contributed by atoms with E-state index in [2.05, 4.69) is 5.10 Å². The summed E-state index contributed by atoms with van der Waals surface area (Å²) in [6, 6.07) is 0.958. The van der Waals surface area contributed by atoms with Crippen LogP contribution in [0.1, 0.15) is 24.2 Å². The number of hydrogen-bond donors (Lipinski definition) is 1. The highest BCUT2D eigenvalue weighted by Gasteiger charge is 2.22. The van der Waals surface area contributed by atoms with Crippen molar-refractivity contribution in [3.05, 3.63) is 51.3 Å². The molecule has 102 valence electrons. The zero-order chi connectivity index (χ0) is 14.2. The molecular formula is C12H11Cl2F2N3. The molecule has 0 fully saturated rings. The fourth-order valence-electron chi connectivity index (χ4n) is 1.86. The SMILES string of the molecule is CCn1ncc(Cl)c1C(N)c1cc(F)c(Cl)cc1F. The molecule has 0 bridgehead atoms. The molecule has 1 heterocycles. The Balaban J connectivity index is 2.52. The minimum atomic E-state index is -0.915. The highest BCUT2D eigenvalue weighted by molar-refractivity contribution is 6.31. The number of halogens is 4. The first-order valence-corrected chi connectivity index (χ1v) is 6.32. The van der Waals surface area contributed by atoms with Gasteiger partial charge < -0.3 is 5.73 Å². The van der Waals surface area contributed by atoms with Gasteiger partial charge in [0.05, 0.1) is 28.0 Å². The van der Waals surface area contributed by atoms with Gasteiger partial charge in [-0.1, -0.05) is 23.2 Å². The number of hydrogen-bond acceptors (Lipinski definition) is 2. The van der Waals surface area contributed by atoms with Gasteiger partial charge >= 0.3 is 0 Å². The van der Waals surface area contributed by atoms with Crippen LogP contribution < -0.4 is 5.73 Å². The molecule has 0 aliphatic heterocycles. The quantitative estimate of drug-likeness (QED) is 0.882. The van der Waals surface area contributed by atoms with E-state index in [-0.39, 0.29) is 10.6 Å². The van der Waals surface area contributed by atoms with Crippen LogP contribution in [0.15, 0.2) is 18.3 Å². The summed E-state index contributed by atoms with van der Waals surface area (Å²) in [5.41, 5.74) is 6.38. The maximum Gasteiger partial charge on any atom is 0.142 e. The molecule has 7 heteroatoms. The van der Waals surface area contributed by atoms with Crippen LogP contribution in [0, 0.1) is 11.6 Å². The number of aromatic nitrogens is 2. The first-order chi connectivity index (χ1) is 8.95. The van der Waals surface area contributed by atoms with Crippen LogP contribution in [-0.2, 0) is 6.54 Å². The Kier molecular flexibility index (Phi) is 4.08. The van der Waals surface area contributed by atoms with E-state index in [1.165, 1.54) is 6.20 Å². The van der Waals surface area contributed by atoms with Crippen molar-refractivity contribution < 1.29 is 8.78 Å². The fourth-order valence-corrected chi connectivity index (χ4v) is 2.27. The number of aryl methyl sites for hydroxylation is 1. The van der Waals surface area contributed by atoms with E-state index in [9.17, 15) is 8.78 Å². The topological polar surface area (TPSA) is 43.8 Å². The van der Waals surface area contributed by atoms with Crippen molar-refractivity contribution in [2.75, 3.05) is 0 Å². The molecule has 0 radical (unpaired) electrons. The molecule has 2 rings (SSSR count). The molecule has 2 aromatic rings. The van der Waals surface area contributed by atoms with Crippen LogP contribution in [0.5, 0.6) is 0 Å². The molecule has 1 atom stereocenters. The van der Waals surface area contributed by atoms with Crippen molar-refractivity contribution in [3.63, 3.8) is 0 Å². The monoisotopic (exact) mass is 305 g/mol. The summed E-state index contributed by atoms with van der Waals surface area (Å²) in [4.78, 5) is 0. The molecule has 1 unspecified atom stereocenters. The summed E-state index contributed by atoms with van der Waals surface area (Å²) in [6.45, 7) is 2.37. The Morgan fingerprint density at radius 1 is 1.26 bits per heavy atom. The van der Waals surface area contributed by atoms with Crippen LogP contribution in [-0.4, -0.2) is 9.78 Å². The molecule has 0 spiro atoms. The Morgan fingerprint density at radius 2 is 1.95 bits per heavy atom. The third kappa shape index (κ3) is 2.59. The Hall–Kier alpha value is -1.17. The van der Waals surface area contributed by atoms with Crippen molar-refractivity contribution in [2.24, 2.45) is 5.73 Å². The second-order valence-electron chi connectivity index (χ2n) is 3.96. The van der Waals surface area contributed by atoms with Gasteiger partial charge in [-0.25, -0.2) is 8.78 Å². The maximum atomic E-state index is 13.8. The fraction of sp³-hybridized carbons (Fsp3) is 0.250. The zero-order valence-corrected chi connectivity index (χ0v) is 11.5. The summed E-state index contributed by atoms with van der Waals surface area (Å²) in [6.07, 6.45) is 1.42. The maximum absolute atomic E-state index is 13.8. The zero-order valence-electron chi connectivity index (χ0n) is 10.0. The van der Waals surface area contributed by atoms with E-state index in [0.29, 0.717) is 17.3 Å². The van der Waals surface area contributed by atoms with Crippen molar-refractivity contribution >= 4 is 23.2 Å². The van der Waals surface area contributed by atoms with E-state index >= 15 is 0 Å². The lowest BCUT2D eigenvalue weighted by molar-refractivity contribution is 0.556. The minimum Gasteiger partial charge on any atom is -0.319 e. The van der Waals surface area contributed by atoms with Crippen LogP contribution in [0.25, 0.3) is 0 Å². The van der Waals surface area contributed by atoms with Gasteiger partial charge in [0.1, 0.15) is 11.6 Å². The predicted octanol–water partition coefficient (Wildman–Crippen LogP) is 3.54. The molecule has 0 saturated heterocycles. The molecule has 2 N–H and O–H groups in total. The van der Waals surface area contributed by atoms with Gasteiger partial charge in [0.15, 0.2) is 0 Å². The lowest BCUT2D eigenvalue weighted by Crippen LogP contribution is -2.19. The van der Waals surface area contributed by atoms with E-state index < -0.39 is 17.7 Å². The van der Waals surface area contributed by atoms with Gasteiger partial charge in [0, 0.05) is 12.1 Å². The standard InChI is InChI=1S/C12H11Cl2F2N3/c1-2-19-12(8(14)5-18-19)11(17)6-3-10(16)7(13)4-9(6)15/h3-5,11H,2,17H2,1H3. The van der Waals surface area contributed by atoms with Crippen LogP contribution in [0.4, 0.5) is 8.78 Å². The smallest absolute Gasteiger partial charge is 0.142 e. The largest absolute Gasteiger partial charge is 0.319 e. The summed E-state index contributed by atoms with van der Waals surface area (Å²) in [5, 5.41) is 4.03. The first kappa shape index (κ1) is 14.2. The number of nitrogens with two attached hydrogens (primary N) is 1. The average molecular weight is 306 g/mol. The number of nitrogens with zero attached hydrogens (tertiary/aromatic N) is 2. The second-order valence-corrected chi connectivity index (χ2v) is 4.77. The third-order valence-corrected chi connectivity index (χ3v) is 3.38. The Labute approximate surface area is 118 Å². The minimum absolute atomic E-state index is 0.0148. The summed E-state index contributed by atoms with van der Waals surface area (Å²) < 4.78 is 28.8. The molecule has 19 heavy (non-hydrogen) atoms. The van der Waals surface area contributed by atoms with E-state index in [1.807, 2.05) is 6.92 Å². The van der Waals surface area contributed by atoms with Crippen LogP contribution in [0.2, 0.25) is 10.0 Å². The van der Waals surface area contributed by atoms with Crippen LogP contribution >= 0.6 is 23.2 Å². The van der Waals surface area contributed by atoms with Gasteiger partial charge in [-0.2, -0.15) is 5.10 Å². The average Bonchev–Trinajstić information content (AvgIpc) is 2.74. The van der Waals surface area contributed by atoms with Crippen molar-refractivity contribution in [3.8, 4) is 0 Å². The van der Waals surface area contributed by atoms with Crippen molar-refractivity contribution in [2.45, 2.75) is 19.5 Å². The number of benzene rings is 1.